The molecule has 1 fully saturated rings. The van der Waals surface area contributed by atoms with Crippen molar-refractivity contribution in [2.45, 2.75) is 26.7 Å². The minimum absolute atomic E-state index is 0.184. The summed E-state index contributed by atoms with van der Waals surface area (Å²) in [5.74, 6) is 0.00519. The van der Waals surface area contributed by atoms with Crippen LogP contribution in [-0.4, -0.2) is 26.6 Å². The molecule has 1 aliphatic heterocycles. The molecule has 2 aromatic rings. The van der Waals surface area contributed by atoms with E-state index >= 15 is 0 Å². The van der Waals surface area contributed by atoms with Crippen LogP contribution in [0.15, 0.2) is 54.1 Å². The van der Waals surface area contributed by atoms with Gasteiger partial charge in [0.1, 0.15) is 0 Å². The summed E-state index contributed by atoms with van der Waals surface area (Å²) >= 11 is 0. The zero-order valence-corrected chi connectivity index (χ0v) is 16.4. The molecule has 6 heteroatoms. The third-order valence-electron chi connectivity index (χ3n) is 4.61. The Labute approximate surface area is 160 Å². The minimum atomic E-state index is -3.25. The lowest BCUT2D eigenvalue weighted by molar-refractivity contribution is -0.112. The van der Waals surface area contributed by atoms with Crippen molar-refractivity contribution < 1.29 is 13.2 Å². The lowest BCUT2D eigenvalue weighted by atomic mass is 10.1. The summed E-state index contributed by atoms with van der Waals surface area (Å²) < 4.78 is 26.1. The highest BCUT2D eigenvalue weighted by Gasteiger charge is 2.27. The van der Waals surface area contributed by atoms with Crippen LogP contribution >= 0.6 is 0 Å². The molecule has 0 aromatic heterocycles. The van der Waals surface area contributed by atoms with Gasteiger partial charge >= 0.3 is 0 Å². The Morgan fingerprint density at radius 3 is 2.52 bits per heavy atom. The molecule has 0 unspecified atom stereocenters. The van der Waals surface area contributed by atoms with E-state index in [1.807, 2.05) is 49.4 Å². The smallest absolute Gasteiger partial charge is 0.251 e. The number of anilines is 2. The van der Waals surface area contributed by atoms with Gasteiger partial charge in [0, 0.05) is 17.8 Å². The van der Waals surface area contributed by atoms with Gasteiger partial charge in [-0.2, -0.15) is 0 Å². The molecule has 0 aliphatic carbocycles. The average molecular weight is 385 g/mol. The van der Waals surface area contributed by atoms with Crippen molar-refractivity contribution in [1.82, 2.24) is 0 Å². The molecule has 5 nitrogen and oxygen atoms in total. The van der Waals surface area contributed by atoms with Crippen molar-refractivity contribution >= 4 is 33.4 Å². The van der Waals surface area contributed by atoms with E-state index in [0.717, 1.165) is 17.5 Å². The fourth-order valence-corrected chi connectivity index (χ4v) is 4.87. The zero-order chi connectivity index (χ0) is 19.4. The van der Waals surface area contributed by atoms with Crippen molar-refractivity contribution in [3.05, 3.63) is 65.2 Å². The predicted molar refractivity (Wildman–Crippen MR) is 110 cm³/mol. The Morgan fingerprint density at radius 1 is 1.11 bits per heavy atom. The lowest BCUT2D eigenvalue weighted by Crippen LogP contribution is -2.38. The molecule has 1 N–H and O–H groups in total. The summed E-state index contributed by atoms with van der Waals surface area (Å²) in [5.41, 5.74) is 3.72. The van der Waals surface area contributed by atoms with Crippen molar-refractivity contribution in [1.29, 1.82) is 0 Å². The number of carbonyl (C=O) groups is 1. The predicted octanol–water partition coefficient (Wildman–Crippen LogP) is 3.97. The number of nitrogens with one attached hydrogen (secondary N) is 1. The summed E-state index contributed by atoms with van der Waals surface area (Å²) in [6.45, 7) is 4.14. The number of carbonyl (C=O) groups excluding carboxylic acids is 1. The minimum Gasteiger partial charge on any atom is -0.322 e. The SMILES string of the molecule is C/C(=C\c1ccccc1)C(=O)Nc1ccc(N2CCCCS2(=O)=O)c(C)c1. The maximum Gasteiger partial charge on any atom is 0.251 e. The van der Waals surface area contributed by atoms with Crippen LogP contribution in [0.4, 0.5) is 11.4 Å². The Balaban J connectivity index is 1.76. The van der Waals surface area contributed by atoms with Gasteiger partial charge < -0.3 is 5.32 Å². The van der Waals surface area contributed by atoms with E-state index in [4.69, 9.17) is 0 Å². The summed E-state index contributed by atoms with van der Waals surface area (Å²) in [4.78, 5) is 12.4. The number of benzene rings is 2. The van der Waals surface area contributed by atoms with Gasteiger partial charge in [0.15, 0.2) is 0 Å². The van der Waals surface area contributed by atoms with Crippen molar-refractivity contribution in [3.8, 4) is 0 Å². The molecule has 142 valence electrons. The second-order valence-electron chi connectivity index (χ2n) is 6.79. The molecule has 0 radical (unpaired) electrons. The number of aryl methyl sites for hydroxylation is 1. The highest BCUT2D eigenvalue weighted by Crippen LogP contribution is 2.29. The number of nitrogens with zero attached hydrogens (tertiary/aromatic N) is 1. The first-order valence-corrected chi connectivity index (χ1v) is 10.6. The molecule has 2 aromatic carbocycles. The molecule has 1 amide bonds. The summed E-state index contributed by atoms with van der Waals surface area (Å²) in [5, 5.41) is 2.88. The molecule has 27 heavy (non-hydrogen) atoms. The zero-order valence-electron chi connectivity index (χ0n) is 15.6. The van der Waals surface area contributed by atoms with E-state index in [0.29, 0.717) is 29.9 Å². The molecular formula is C21H24N2O3S. The largest absolute Gasteiger partial charge is 0.322 e. The van der Waals surface area contributed by atoms with E-state index in [1.165, 1.54) is 4.31 Å². The molecule has 0 atom stereocenters. The standard InChI is InChI=1S/C21H24N2O3S/c1-16-15-19(10-11-20(16)23-12-6-7-13-27(23,25)26)22-21(24)17(2)14-18-8-4-3-5-9-18/h3-5,8-11,14-15H,6-7,12-13H2,1-2H3,(H,22,24)/b17-14+. The van der Waals surface area contributed by atoms with Gasteiger partial charge in [-0.15, -0.1) is 0 Å². The van der Waals surface area contributed by atoms with Crippen LogP contribution in [0.3, 0.4) is 0 Å². The first-order valence-electron chi connectivity index (χ1n) is 9.02. The highest BCUT2D eigenvalue weighted by atomic mass is 32.2. The molecule has 0 spiro atoms. The second-order valence-corrected chi connectivity index (χ2v) is 8.80. The molecular weight excluding hydrogens is 360 g/mol. The van der Waals surface area contributed by atoms with Crippen LogP contribution in [0.25, 0.3) is 6.08 Å². The van der Waals surface area contributed by atoms with Crippen molar-refractivity contribution in [2.24, 2.45) is 0 Å². The van der Waals surface area contributed by atoms with Gasteiger partial charge in [-0.05, 0) is 62.1 Å². The number of hydrogen-bond donors (Lipinski definition) is 1. The van der Waals surface area contributed by atoms with Crippen LogP contribution in [0.2, 0.25) is 0 Å². The molecule has 1 aliphatic rings. The Hall–Kier alpha value is -2.60. The highest BCUT2D eigenvalue weighted by molar-refractivity contribution is 7.92. The monoisotopic (exact) mass is 384 g/mol. The first kappa shape index (κ1) is 19.2. The van der Waals surface area contributed by atoms with Crippen LogP contribution in [-0.2, 0) is 14.8 Å². The van der Waals surface area contributed by atoms with Gasteiger partial charge in [-0.1, -0.05) is 30.3 Å². The van der Waals surface area contributed by atoms with Crippen molar-refractivity contribution in [2.75, 3.05) is 21.9 Å². The van der Waals surface area contributed by atoms with Crippen LogP contribution in [0.5, 0.6) is 0 Å². The van der Waals surface area contributed by atoms with Crippen LogP contribution in [0.1, 0.15) is 30.9 Å². The van der Waals surface area contributed by atoms with Gasteiger partial charge in [0.25, 0.3) is 5.91 Å². The van der Waals surface area contributed by atoms with Gasteiger partial charge in [-0.25, -0.2) is 8.42 Å². The normalized spacial score (nSPS) is 16.8. The molecule has 1 heterocycles. The quantitative estimate of drug-likeness (QED) is 0.811. The maximum absolute atomic E-state index is 12.4. The Morgan fingerprint density at radius 2 is 1.85 bits per heavy atom. The van der Waals surface area contributed by atoms with E-state index in [-0.39, 0.29) is 11.7 Å². The van der Waals surface area contributed by atoms with Crippen molar-refractivity contribution in [3.63, 3.8) is 0 Å². The summed E-state index contributed by atoms with van der Waals surface area (Å²) in [7, 11) is -3.25. The third kappa shape index (κ3) is 4.57. The Kier molecular flexibility index (Phi) is 5.65. The number of hydrogen-bond acceptors (Lipinski definition) is 3. The summed E-state index contributed by atoms with van der Waals surface area (Å²) in [6.07, 6.45) is 3.40. The number of amides is 1. The van der Waals surface area contributed by atoms with E-state index < -0.39 is 10.0 Å². The van der Waals surface area contributed by atoms with Gasteiger partial charge in [0.2, 0.25) is 10.0 Å². The first-order chi connectivity index (χ1) is 12.9. The average Bonchev–Trinajstić information content (AvgIpc) is 2.63. The molecule has 0 saturated carbocycles. The van der Waals surface area contributed by atoms with Crippen LogP contribution in [0, 0.1) is 6.92 Å². The van der Waals surface area contributed by atoms with E-state index in [2.05, 4.69) is 5.32 Å². The second kappa shape index (κ2) is 7.96. The summed E-state index contributed by atoms with van der Waals surface area (Å²) in [6, 6.07) is 15.0. The Bertz CT molecular complexity index is 966. The number of rotatable bonds is 4. The van der Waals surface area contributed by atoms with E-state index in [1.54, 1.807) is 19.1 Å². The topological polar surface area (TPSA) is 66.5 Å². The lowest BCUT2D eigenvalue weighted by Gasteiger charge is -2.29. The van der Waals surface area contributed by atoms with Gasteiger partial charge in [0.05, 0.1) is 11.4 Å². The fraction of sp³-hybridized carbons (Fsp3) is 0.286. The number of sulfonamides is 1. The van der Waals surface area contributed by atoms with E-state index in [9.17, 15) is 13.2 Å². The third-order valence-corrected chi connectivity index (χ3v) is 6.47. The maximum atomic E-state index is 12.4. The van der Waals surface area contributed by atoms with Crippen LogP contribution < -0.4 is 9.62 Å². The fourth-order valence-electron chi connectivity index (χ4n) is 3.17. The molecule has 0 bridgehead atoms. The van der Waals surface area contributed by atoms with Gasteiger partial charge in [-0.3, -0.25) is 9.10 Å². The molecule has 3 rings (SSSR count). The molecule has 1 saturated heterocycles.